The van der Waals surface area contributed by atoms with Gasteiger partial charge in [-0.15, -0.1) is 0 Å². The third-order valence-corrected chi connectivity index (χ3v) is 11.8. The van der Waals surface area contributed by atoms with Crippen molar-refractivity contribution in [1.29, 1.82) is 0 Å². The van der Waals surface area contributed by atoms with E-state index in [1.54, 1.807) is 0 Å². The van der Waals surface area contributed by atoms with E-state index in [0.29, 0.717) is 13.7 Å². The Labute approximate surface area is 302 Å². The fraction of sp³-hybridized carbons (Fsp3) is 0.222. The largest absolute Gasteiger partial charge is 0.336 e. The quantitative estimate of drug-likeness (QED) is 0.0787. The zero-order chi connectivity index (χ0) is 40.0. The molecule has 4 rings (SSSR count). The fourth-order valence-corrected chi connectivity index (χ4v) is 7.69. The number of rotatable bonds is 18. The molecule has 0 unspecified atom stereocenters. The Morgan fingerprint density at radius 3 is 0.815 bits per heavy atom. The average molecular weight is 814 g/mol. The zero-order valence-electron chi connectivity index (χ0n) is 27.2. The molecule has 3 aromatic carbocycles. The molecule has 27 heteroatoms. The molecule has 24 nitrogen and oxygen atoms in total. The number of nitrogens with zero attached hydrogens (tertiary/aromatic N) is 6. The summed E-state index contributed by atoms with van der Waals surface area (Å²) >= 11 is 0. The maximum absolute atomic E-state index is 13.4. The predicted molar refractivity (Wildman–Crippen MR) is 184 cm³/mol. The lowest BCUT2D eigenvalue weighted by Crippen LogP contribution is -2.56. The Morgan fingerprint density at radius 2 is 0.630 bits per heavy atom. The molecule has 0 aliphatic carbocycles. The Balaban J connectivity index is 1.60. The number of nitro benzene ring substituents is 3. The lowest BCUT2D eigenvalue weighted by molar-refractivity contribution is -0.385. The van der Waals surface area contributed by atoms with E-state index >= 15 is 0 Å². The molecule has 54 heavy (non-hydrogen) atoms. The van der Waals surface area contributed by atoms with Crippen LogP contribution in [0.15, 0.2) is 102 Å². The van der Waals surface area contributed by atoms with Crippen LogP contribution in [0.1, 0.15) is 0 Å². The summed E-state index contributed by atoms with van der Waals surface area (Å²) in [4.78, 5) is 69.4. The van der Waals surface area contributed by atoms with Crippen LogP contribution in [0.25, 0.3) is 0 Å². The summed E-state index contributed by atoms with van der Waals surface area (Å²) in [5, 5.41) is 32.7. The predicted octanol–water partition coefficient (Wildman–Crippen LogP) is -1.17. The van der Waals surface area contributed by atoms with Crippen molar-refractivity contribution in [2.45, 2.75) is 34.3 Å². The van der Waals surface area contributed by atoms with Gasteiger partial charge in [-0.25, -0.2) is 67.5 Å². The van der Waals surface area contributed by atoms with Gasteiger partial charge in [-0.1, -0.05) is 0 Å². The van der Waals surface area contributed by atoms with E-state index in [9.17, 15) is 70.0 Å². The molecule has 0 aliphatic heterocycles. The van der Waals surface area contributed by atoms with Gasteiger partial charge in [-0.2, -0.15) is 0 Å². The number of hydrogen-bond donors (Lipinski definition) is 3. The van der Waals surface area contributed by atoms with Crippen molar-refractivity contribution in [3.05, 3.63) is 135 Å². The molecule has 0 fully saturated rings. The van der Waals surface area contributed by atoms with Gasteiger partial charge in [0.25, 0.3) is 17.1 Å². The molecule has 0 radical (unpaired) electrons. The molecular weight excluding hydrogens is 787 g/mol. The van der Waals surface area contributed by atoms with Gasteiger partial charge in [0, 0.05) is 75.7 Å². The van der Waals surface area contributed by atoms with Crippen molar-refractivity contribution in [3.8, 4) is 0 Å². The average Bonchev–Trinajstić information content (AvgIpc) is 3.12. The van der Waals surface area contributed by atoms with Gasteiger partial charge >= 0.3 is 17.1 Å². The van der Waals surface area contributed by atoms with Crippen molar-refractivity contribution in [2.75, 3.05) is 19.6 Å². The zero-order valence-corrected chi connectivity index (χ0v) is 29.7. The number of nitrogens with one attached hydrogen (secondary N) is 3. The summed E-state index contributed by atoms with van der Waals surface area (Å²) in [6, 6.07) is 11.2. The molecule has 1 heterocycles. The number of hydrogen-bond acceptors (Lipinski definition) is 15. The molecule has 0 bridgehead atoms. The molecule has 0 saturated carbocycles. The normalized spacial score (nSPS) is 12.0. The highest BCUT2D eigenvalue weighted by atomic mass is 32.2. The van der Waals surface area contributed by atoms with E-state index in [-0.39, 0.29) is 0 Å². The van der Waals surface area contributed by atoms with Crippen LogP contribution < -0.4 is 31.2 Å². The highest BCUT2D eigenvalue weighted by Crippen LogP contribution is 2.17. The van der Waals surface area contributed by atoms with Crippen LogP contribution >= 0.6 is 0 Å². The van der Waals surface area contributed by atoms with E-state index < -0.39 is 133 Å². The van der Waals surface area contributed by atoms with Crippen LogP contribution in [0.5, 0.6) is 0 Å². The van der Waals surface area contributed by atoms with Gasteiger partial charge in [0.1, 0.15) is 0 Å². The Bertz CT molecular complexity index is 2290. The Kier molecular flexibility index (Phi) is 12.3. The van der Waals surface area contributed by atoms with Crippen LogP contribution in [0.2, 0.25) is 0 Å². The lowest BCUT2D eigenvalue weighted by atomic mass is 10.3. The van der Waals surface area contributed by atoms with E-state index in [1.165, 1.54) is 0 Å². The van der Waals surface area contributed by atoms with E-state index in [2.05, 4.69) is 14.2 Å². The maximum Gasteiger partial charge on any atom is 0.336 e. The van der Waals surface area contributed by atoms with Crippen LogP contribution in [0.3, 0.4) is 0 Å². The number of nitro groups is 3. The van der Waals surface area contributed by atoms with E-state index in [0.717, 1.165) is 72.8 Å². The summed E-state index contributed by atoms with van der Waals surface area (Å²) in [6.07, 6.45) is 0. The van der Waals surface area contributed by atoms with Crippen LogP contribution in [-0.4, -0.2) is 73.4 Å². The van der Waals surface area contributed by atoms with Crippen LogP contribution in [-0.2, 0) is 49.7 Å². The van der Waals surface area contributed by atoms with Crippen molar-refractivity contribution in [2.24, 2.45) is 0 Å². The van der Waals surface area contributed by atoms with Gasteiger partial charge in [-0.05, 0) is 36.4 Å². The van der Waals surface area contributed by atoms with Crippen molar-refractivity contribution in [3.63, 3.8) is 0 Å². The van der Waals surface area contributed by atoms with Gasteiger partial charge in [0.15, 0.2) is 0 Å². The Hall–Kier alpha value is -6.00. The summed E-state index contributed by atoms with van der Waals surface area (Å²) in [6.45, 7) is -4.09. The molecule has 1 aromatic heterocycles. The molecule has 4 aromatic rings. The molecule has 288 valence electrons. The first-order valence-electron chi connectivity index (χ1n) is 14.9. The summed E-state index contributed by atoms with van der Waals surface area (Å²) in [5.74, 6) is 0. The topological polar surface area (TPSA) is 334 Å². The second-order valence-electron chi connectivity index (χ2n) is 10.7. The maximum atomic E-state index is 13.4. The minimum Gasteiger partial charge on any atom is -0.258 e. The highest BCUT2D eigenvalue weighted by molar-refractivity contribution is 7.90. The molecule has 0 atom stereocenters. The number of non-ortho nitro benzene ring substituents is 3. The van der Waals surface area contributed by atoms with Crippen molar-refractivity contribution in [1.82, 2.24) is 27.9 Å². The smallest absolute Gasteiger partial charge is 0.258 e. The third kappa shape index (κ3) is 9.50. The van der Waals surface area contributed by atoms with E-state index in [4.69, 9.17) is 0 Å². The fourth-order valence-electron chi connectivity index (χ4n) is 4.62. The second kappa shape index (κ2) is 16.3. The number of sulfonamides is 3. The standard InChI is InChI=1S/C27H27N9O15S3/c37-25-31(16-13-28-52(46,47)22-7-1-19(2-8-22)34(40)41)26(38)33(18-15-30-54(50,51)24-11-5-21(6-12-24)36(44)45)27(39)32(25)17-14-29-53(48,49)23-9-3-20(4-10-23)35(42)43/h1-12,28-30H,13-18H2. The molecule has 0 saturated heterocycles. The third-order valence-electron chi connectivity index (χ3n) is 7.34. The van der Waals surface area contributed by atoms with Crippen LogP contribution in [0, 0.1) is 30.3 Å². The first-order valence-corrected chi connectivity index (χ1v) is 19.4. The summed E-state index contributed by atoms with van der Waals surface area (Å²) in [5.41, 5.74) is -5.11. The van der Waals surface area contributed by atoms with Gasteiger partial charge in [-0.3, -0.25) is 30.3 Å². The van der Waals surface area contributed by atoms with Gasteiger partial charge in [0.05, 0.1) is 29.5 Å². The van der Waals surface area contributed by atoms with Gasteiger partial charge in [0.2, 0.25) is 30.1 Å². The molecule has 0 spiro atoms. The van der Waals surface area contributed by atoms with Crippen molar-refractivity contribution < 1.29 is 40.0 Å². The summed E-state index contributed by atoms with van der Waals surface area (Å²) < 4.78 is 84.2. The minimum atomic E-state index is -4.35. The monoisotopic (exact) mass is 813 g/mol. The molecule has 0 aliphatic rings. The minimum absolute atomic E-state index is 0.395. The van der Waals surface area contributed by atoms with Crippen molar-refractivity contribution >= 4 is 47.1 Å². The second-order valence-corrected chi connectivity index (χ2v) is 16.0. The first-order chi connectivity index (χ1) is 25.2. The lowest BCUT2D eigenvalue weighted by Gasteiger charge is -2.15. The van der Waals surface area contributed by atoms with Gasteiger partial charge < -0.3 is 0 Å². The molecule has 0 amide bonds. The first kappa shape index (κ1) is 40.8. The Morgan fingerprint density at radius 1 is 0.426 bits per heavy atom. The highest BCUT2D eigenvalue weighted by Gasteiger charge is 2.22. The SMILES string of the molecule is O=c1n(CCNS(=O)(=O)c2ccc([N+](=O)[O-])cc2)c(=O)n(CCNS(=O)(=O)c2ccc([N+](=O)[O-])cc2)c(=O)n1CCNS(=O)(=O)c1ccc([N+](=O)[O-])cc1. The van der Waals surface area contributed by atoms with E-state index in [1.807, 2.05) is 0 Å². The number of benzene rings is 3. The molecule has 3 N–H and O–H groups in total. The molecular formula is C27H27N9O15S3. The summed E-state index contributed by atoms with van der Waals surface area (Å²) in [7, 11) is -13.0. The van der Waals surface area contributed by atoms with Crippen LogP contribution in [0.4, 0.5) is 17.1 Å². The number of aromatic nitrogens is 3.